The topological polar surface area (TPSA) is 119 Å². The molecule has 8 heteroatoms. The molecule has 90 valence electrons. The summed E-state index contributed by atoms with van der Waals surface area (Å²) < 4.78 is 0. The van der Waals surface area contributed by atoms with Crippen LogP contribution in [-0.4, -0.2) is 39.5 Å². The van der Waals surface area contributed by atoms with E-state index in [4.69, 9.17) is 10.8 Å². The van der Waals surface area contributed by atoms with E-state index in [2.05, 4.69) is 15.3 Å². The zero-order valence-corrected chi connectivity index (χ0v) is 12.2. The van der Waals surface area contributed by atoms with Crippen LogP contribution in [0.15, 0.2) is 12.5 Å². The van der Waals surface area contributed by atoms with Crippen molar-refractivity contribution in [3.63, 3.8) is 0 Å². The van der Waals surface area contributed by atoms with Crippen LogP contribution in [0, 0.1) is 0 Å². The van der Waals surface area contributed by atoms with Crippen LogP contribution < -0.4 is 5.32 Å². The van der Waals surface area contributed by atoms with Crippen molar-refractivity contribution in [3.05, 3.63) is 24.0 Å². The van der Waals surface area contributed by atoms with Gasteiger partial charge in [0.05, 0.1) is 6.33 Å². The number of amides is 1. The van der Waals surface area contributed by atoms with Crippen LogP contribution in [0.3, 0.4) is 0 Å². The molecule has 0 bridgehead atoms. The number of H-pyrrole nitrogens is 1. The minimum absolute atomic E-state index is 0. The molecule has 7 nitrogen and oxygen atoms in total. The number of nitrogens with one attached hydrogen (secondary N) is 3. The fourth-order valence-electron chi connectivity index (χ4n) is 1.20. The molecule has 1 amide bonds. The minimum atomic E-state index is -1.10. The van der Waals surface area contributed by atoms with Crippen molar-refractivity contribution >= 4 is 11.9 Å². The number of imidazole rings is 1. The van der Waals surface area contributed by atoms with Crippen molar-refractivity contribution < 1.29 is 34.2 Å². The molecule has 1 rings (SSSR count). The molecule has 17 heavy (non-hydrogen) atoms. The molecular weight excluding hydrogens is 278 g/mol. The average molecular weight is 291 g/mol. The number of aliphatic carboxylic acids is 1. The summed E-state index contributed by atoms with van der Waals surface area (Å²) in [6, 6.07) is -0.987. The maximum Gasteiger partial charge on any atom is 0.326 e. The molecule has 0 aliphatic rings. The number of carboxylic acid groups (broad SMARTS) is 1. The normalized spacial score (nSPS) is 11.4. The van der Waals surface area contributed by atoms with Crippen LogP contribution in [0.25, 0.3) is 5.73 Å². The third-order valence-corrected chi connectivity index (χ3v) is 1.96. The first-order chi connectivity index (χ1) is 7.63. The number of nitrogens with zero attached hydrogens (tertiary/aromatic N) is 1. The summed E-state index contributed by atoms with van der Waals surface area (Å²) in [7, 11) is 0. The molecule has 1 aromatic rings. The van der Waals surface area contributed by atoms with E-state index in [-0.39, 0.29) is 38.9 Å². The minimum Gasteiger partial charge on any atom is -0.677 e. The van der Waals surface area contributed by atoms with Crippen molar-refractivity contribution in [1.82, 2.24) is 15.3 Å². The number of carbonyl (C=O) groups is 2. The zero-order valence-electron chi connectivity index (χ0n) is 9.27. The van der Waals surface area contributed by atoms with Crippen LogP contribution in [0.4, 0.5) is 0 Å². The predicted molar refractivity (Wildman–Crippen MR) is 55.7 cm³/mol. The first kappa shape index (κ1) is 15.7. The number of rotatable bonds is 6. The maximum atomic E-state index is 11.2. The number of carbonyl (C=O) groups excluding carboxylic acids is 1. The second-order valence-electron chi connectivity index (χ2n) is 3.24. The fraction of sp³-hybridized carbons (Fsp3) is 0.444. The standard InChI is InChI=1S/C9H13N4O3.Zn/c10-2-1-8(14)13-7(9(15)16)3-6-4-11-5-12-6;/h4-5,7,10H,1-3H2,(H,11,12)(H,13,14)(H,15,16);/q-1;/t7-;/m0./s1. The number of aromatic nitrogens is 2. The third kappa shape index (κ3) is 5.56. The van der Waals surface area contributed by atoms with Crippen molar-refractivity contribution in [2.45, 2.75) is 18.9 Å². The molecule has 1 heterocycles. The van der Waals surface area contributed by atoms with Crippen molar-refractivity contribution in [3.8, 4) is 0 Å². The molecule has 0 saturated heterocycles. The van der Waals surface area contributed by atoms with Gasteiger partial charge in [0.25, 0.3) is 0 Å². The molecule has 0 unspecified atom stereocenters. The van der Waals surface area contributed by atoms with Crippen molar-refractivity contribution in [2.24, 2.45) is 0 Å². The van der Waals surface area contributed by atoms with Gasteiger partial charge in [-0.2, -0.15) is 0 Å². The number of hydrogen-bond acceptors (Lipinski definition) is 3. The SMILES string of the molecule is [NH-]CCC(=O)N[C@@H](Cc1cnc[nH]1)C(=O)O.[Zn]. The van der Waals surface area contributed by atoms with E-state index in [1.165, 1.54) is 12.5 Å². The summed E-state index contributed by atoms with van der Waals surface area (Å²) in [5, 5.41) is 11.2. The molecule has 0 spiro atoms. The first-order valence-electron chi connectivity index (χ1n) is 4.77. The summed E-state index contributed by atoms with van der Waals surface area (Å²) in [4.78, 5) is 28.6. The molecule has 0 aliphatic heterocycles. The molecule has 1 aromatic heterocycles. The quantitative estimate of drug-likeness (QED) is 0.637. The Morgan fingerprint density at radius 1 is 1.59 bits per heavy atom. The Kier molecular flexibility index (Phi) is 7.33. The molecule has 0 fully saturated rings. The summed E-state index contributed by atoms with van der Waals surface area (Å²) in [5.74, 6) is -1.53. The Hall–Kier alpha value is -1.27. The van der Waals surface area contributed by atoms with Gasteiger partial charge >= 0.3 is 5.97 Å². The van der Waals surface area contributed by atoms with Gasteiger partial charge < -0.3 is 21.1 Å². The summed E-state index contributed by atoms with van der Waals surface area (Å²) in [6.45, 7) is -0.0533. The van der Waals surface area contributed by atoms with E-state index in [9.17, 15) is 9.59 Å². The van der Waals surface area contributed by atoms with E-state index in [1.807, 2.05) is 0 Å². The van der Waals surface area contributed by atoms with Gasteiger partial charge in [-0.25, -0.2) is 9.78 Å². The van der Waals surface area contributed by atoms with E-state index >= 15 is 0 Å². The van der Waals surface area contributed by atoms with E-state index in [0.717, 1.165) is 0 Å². The Morgan fingerprint density at radius 2 is 2.29 bits per heavy atom. The molecule has 0 aromatic carbocycles. The molecule has 0 saturated carbocycles. The van der Waals surface area contributed by atoms with Gasteiger partial charge in [-0.3, -0.25) is 4.79 Å². The number of hydrogen-bond donors (Lipinski definition) is 3. The van der Waals surface area contributed by atoms with Crippen LogP contribution in [0.1, 0.15) is 12.1 Å². The second kappa shape index (κ2) is 7.92. The van der Waals surface area contributed by atoms with Gasteiger partial charge in [-0.1, -0.05) is 0 Å². The van der Waals surface area contributed by atoms with Crippen molar-refractivity contribution in [1.29, 1.82) is 0 Å². The van der Waals surface area contributed by atoms with E-state index in [1.54, 1.807) is 0 Å². The molecule has 1 atom stereocenters. The second-order valence-corrected chi connectivity index (χ2v) is 3.24. The predicted octanol–water partition coefficient (Wildman–Crippen LogP) is -0.0386. The van der Waals surface area contributed by atoms with Crippen LogP contribution >= 0.6 is 0 Å². The molecule has 4 N–H and O–H groups in total. The summed E-state index contributed by atoms with van der Waals surface area (Å²) >= 11 is 0. The van der Waals surface area contributed by atoms with Crippen molar-refractivity contribution in [2.75, 3.05) is 6.54 Å². The monoisotopic (exact) mass is 289 g/mol. The fourth-order valence-corrected chi connectivity index (χ4v) is 1.20. The van der Waals surface area contributed by atoms with Crippen LogP contribution in [0.2, 0.25) is 0 Å². The maximum absolute atomic E-state index is 11.2. The van der Waals surface area contributed by atoms with Gasteiger partial charge in [0, 0.05) is 44.2 Å². The summed E-state index contributed by atoms with van der Waals surface area (Å²) in [6.07, 6.45) is 3.11. The molecule has 0 aliphatic carbocycles. The van der Waals surface area contributed by atoms with Gasteiger partial charge in [-0.15, -0.1) is 6.54 Å². The number of aromatic amines is 1. The summed E-state index contributed by atoms with van der Waals surface area (Å²) in [5.41, 5.74) is 7.49. The smallest absolute Gasteiger partial charge is 0.326 e. The Morgan fingerprint density at radius 3 is 2.76 bits per heavy atom. The van der Waals surface area contributed by atoms with Crippen LogP contribution in [-0.2, 0) is 35.5 Å². The van der Waals surface area contributed by atoms with Gasteiger partial charge in [-0.05, 0) is 0 Å². The van der Waals surface area contributed by atoms with Gasteiger partial charge in [0.15, 0.2) is 0 Å². The van der Waals surface area contributed by atoms with E-state index < -0.39 is 17.9 Å². The molecule has 0 radical (unpaired) electrons. The molecular formula is C9H13N4O3Zn-. The Balaban J connectivity index is 0.00000256. The third-order valence-electron chi connectivity index (χ3n) is 1.96. The zero-order chi connectivity index (χ0) is 12.0. The number of carboxylic acids is 1. The first-order valence-corrected chi connectivity index (χ1v) is 4.77. The Labute approximate surface area is 111 Å². The van der Waals surface area contributed by atoms with Crippen LogP contribution in [0.5, 0.6) is 0 Å². The Bertz CT molecular complexity index is 355. The van der Waals surface area contributed by atoms with Gasteiger partial charge in [0.1, 0.15) is 6.04 Å². The largest absolute Gasteiger partial charge is 0.677 e. The van der Waals surface area contributed by atoms with Gasteiger partial charge in [0.2, 0.25) is 5.91 Å². The average Bonchev–Trinajstić information content (AvgIpc) is 2.69. The van der Waals surface area contributed by atoms with E-state index in [0.29, 0.717) is 5.69 Å².